The number of nitrogens with two attached hydrogens (primary N) is 1. The molecule has 2 rings (SSSR count). The lowest BCUT2D eigenvalue weighted by atomic mass is 10.1. The Balaban J connectivity index is 2.16. The van der Waals surface area contributed by atoms with Gasteiger partial charge in [-0.15, -0.1) is 0 Å². The number of benzene rings is 2. The van der Waals surface area contributed by atoms with E-state index < -0.39 is 0 Å². The van der Waals surface area contributed by atoms with Crippen molar-refractivity contribution in [2.45, 2.75) is 0 Å². The van der Waals surface area contributed by atoms with Gasteiger partial charge in [0.15, 0.2) is 0 Å². The SMILES string of the molecule is COc1ccc(/C=C/c2ccc(N)c(Br)c2)cc1. The van der Waals surface area contributed by atoms with Gasteiger partial charge in [-0.05, 0) is 51.3 Å². The molecule has 0 aromatic heterocycles. The molecule has 0 aliphatic rings. The van der Waals surface area contributed by atoms with Gasteiger partial charge in [-0.1, -0.05) is 30.4 Å². The second-order valence-electron chi connectivity index (χ2n) is 3.89. The molecule has 0 amide bonds. The molecule has 0 saturated carbocycles. The molecule has 2 aromatic carbocycles. The second kappa shape index (κ2) is 5.74. The van der Waals surface area contributed by atoms with E-state index in [2.05, 4.69) is 22.0 Å². The maximum absolute atomic E-state index is 5.74. The third-order valence-electron chi connectivity index (χ3n) is 2.61. The fraction of sp³-hybridized carbons (Fsp3) is 0.0667. The van der Waals surface area contributed by atoms with Crippen LogP contribution in [-0.4, -0.2) is 7.11 Å². The van der Waals surface area contributed by atoms with Crippen LogP contribution in [0.25, 0.3) is 12.2 Å². The highest BCUT2D eigenvalue weighted by atomic mass is 79.9. The Morgan fingerprint density at radius 1 is 1.00 bits per heavy atom. The normalized spacial score (nSPS) is 10.8. The van der Waals surface area contributed by atoms with Crippen molar-refractivity contribution in [3.63, 3.8) is 0 Å². The van der Waals surface area contributed by atoms with Crippen LogP contribution in [0.5, 0.6) is 5.75 Å². The van der Waals surface area contributed by atoms with E-state index >= 15 is 0 Å². The summed E-state index contributed by atoms with van der Waals surface area (Å²) in [4.78, 5) is 0. The number of methoxy groups -OCH3 is 1. The summed E-state index contributed by atoms with van der Waals surface area (Å²) in [6.45, 7) is 0. The minimum absolute atomic E-state index is 0.747. The van der Waals surface area contributed by atoms with Crippen molar-refractivity contribution in [2.75, 3.05) is 12.8 Å². The average Bonchev–Trinajstić information content (AvgIpc) is 2.41. The van der Waals surface area contributed by atoms with Gasteiger partial charge in [0.2, 0.25) is 0 Å². The third kappa shape index (κ3) is 3.14. The molecule has 2 nitrogen and oxygen atoms in total. The fourth-order valence-electron chi connectivity index (χ4n) is 1.55. The minimum atomic E-state index is 0.747. The number of hydrogen-bond acceptors (Lipinski definition) is 2. The fourth-order valence-corrected chi connectivity index (χ4v) is 1.95. The molecule has 0 heterocycles. The first-order chi connectivity index (χ1) is 8.69. The van der Waals surface area contributed by atoms with Crippen molar-refractivity contribution in [1.29, 1.82) is 0 Å². The minimum Gasteiger partial charge on any atom is -0.497 e. The Labute approximate surface area is 115 Å². The monoisotopic (exact) mass is 303 g/mol. The van der Waals surface area contributed by atoms with Crippen LogP contribution < -0.4 is 10.5 Å². The Morgan fingerprint density at radius 2 is 1.61 bits per heavy atom. The Kier molecular flexibility index (Phi) is 4.05. The van der Waals surface area contributed by atoms with E-state index in [1.165, 1.54) is 0 Å². The molecule has 0 aliphatic heterocycles. The third-order valence-corrected chi connectivity index (χ3v) is 3.30. The van der Waals surface area contributed by atoms with Crippen molar-refractivity contribution in [1.82, 2.24) is 0 Å². The molecule has 2 aromatic rings. The summed E-state index contributed by atoms with van der Waals surface area (Å²) < 4.78 is 6.03. The summed E-state index contributed by atoms with van der Waals surface area (Å²) in [5.74, 6) is 0.863. The molecule has 92 valence electrons. The van der Waals surface area contributed by atoms with Gasteiger partial charge in [-0.25, -0.2) is 0 Å². The maximum Gasteiger partial charge on any atom is 0.118 e. The van der Waals surface area contributed by atoms with E-state index in [4.69, 9.17) is 10.5 Å². The quantitative estimate of drug-likeness (QED) is 0.681. The van der Waals surface area contributed by atoms with Crippen LogP contribution in [-0.2, 0) is 0 Å². The molecular weight excluding hydrogens is 290 g/mol. The van der Waals surface area contributed by atoms with Gasteiger partial charge < -0.3 is 10.5 Å². The average molecular weight is 304 g/mol. The van der Waals surface area contributed by atoms with E-state index in [1.54, 1.807) is 7.11 Å². The zero-order valence-corrected chi connectivity index (χ0v) is 11.6. The number of hydrogen-bond donors (Lipinski definition) is 1. The predicted molar refractivity (Wildman–Crippen MR) is 80.5 cm³/mol. The lowest BCUT2D eigenvalue weighted by Gasteiger charge is -2.00. The lowest BCUT2D eigenvalue weighted by Crippen LogP contribution is -1.86. The molecule has 3 heteroatoms. The first kappa shape index (κ1) is 12.7. The molecule has 0 spiro atoms. The van der Waals surface area contributed by atoms with Gasteiger partial charge in [-0.3, -0.25) is 0 Å². The van der Waals surface area contributed by atoms with Crippen LogP contribution in [0.15, 0.2) is 46.9 Å². The largest absolute Gasteiger partial charge is 0.497 e. The summed E-state index contributed by atoms with van der Waals surface area (Å²) in [6, 6.07) is 13.8. The van der Waals surface area contributed by atoms with Gasteiger partial charge in [0.1, 0.15) is 5.75 Å². The molecule has 0 saturated heterocycles. The first-order valence-electron chi connectivity index (χ1n) is 5.56. The number of halogens is 1. The van der Waals surface area contributed by atoms with Gasteiger partial charge in [-0.2, -0.15) is 0 Å². The van der Waals surface area contributed by atoms with Crippen molar-refractivity contribution < 1.29 is 4.74 Å². The van der Waals surface area contributed by atoms with E-state index in [9.17, 15) is 0 Å². The molecule has 0 bridgehead atoms. The Morgan fingerprint density at radius 3 is 2.22 bits per heavy atom. The number of nitrogen functional groups attached to an aromatic ring is 1. The van der Waals surface area contributed by atoms with Crippen LogP contribution in [0.4, 0.5) is 5.69 Å². The van der Waals surface area contributed by atoms with E-state index in [0.29, 0.717) is 0 Å². The smallest absolute Gasteiger partial charge is 0.118 e. The highest BCUT2D eigenvalue weighted by Gasteiger charge is 1.95. The molecule has 0 unspecified atom stereocenters. The van der Waals surface area contributed by atoms with Crippen molar-refractivity contribution in [3.05, 3.63) is 58.1 Å². The van der Waals surface area contributed by atoms with Crippen LogP contribution in [0.1, 0.15) is 11.1 Å². The highest BCUT2D eigenvalue weighted by molar-refractivity contribution is 9.10. The van der Waals surface area contributed by atoms with E-state index in [-0.39, 0.29) is 0 Å². The molecule has 0 atom stereocenters. The molecule has 2 N–H and O–H groups in total. The molecule has 0 aliphatic carbocycles. The summed E-state index contributed by atoms with van der Waals surface area (Å²) in [6.07, 6.45) is 4.10. The molecule has 18 heavy (non-hydrogen) atoms. The van der Waals surface area contributed by atoms with Gasteiger partial charge in [0, 0.05) is 10.2 Å². The van der Waals surface area contributed by atoms with Crippen molar-refractivity contribution in [2.24, 2.45) is 0 Å². The van der Waals surface area contributed by atoms with Crippen molar-refractivity contribution >= 4 is 33.8 Å². The number of rotatable bonds is 3. The van der Waals surface area contributed by atoms with Crippen LogP contribution >= 0.6 is 15.9 Å². The van der Waals surface area contributed by atoms with Crippen LogP contribution in [0.3, 0.4) is 0 Å². The van der Waals surface area contributed by atoms with Crippen LogP contribution in [0.2, 0.25) is 0 Å². The molecule has 0 fully saturated rings. The molecule has 0 radical (unpaired) electrons. The van der Waals surface area contributed by atoms with Gasteiger partial charge >= 0.3 is 0 Å². The standard InChI is InChI=1S/C15H14BrNO/c1-18-13-7-4-11(5-8-13)2-3-12-6-9-15(17)14(16)10-12/h2-10H,17H2,1H3/b3-2+. The molecular formula is C15H14BrNO. The lowest BCUT2D eigenvalue weighted by molar-refractivity contribution is 0.415. The number of anilines is 1. The zero-order chi connectivity index (χ0) is 13.0. The Bertz CT molecular complexity index is 561. The summed E-state index contributed by atoms with van der Waals surface area (Å²) in [7, 11) is 1.66. The summed E-state index contributed by atoms with van der Waals surface area (Å²) in [5, 5.41) is 0. The summed E-state index contributed by atoms with van der Waals surface area (Å²) >= 11 is 3.42. The maximum atomic E-state index is 5.74. The van der Waals surface area contributed by atoms with Gasteiger partial charge in [0.25, 0.3) is 0 Å². The topological polar surface area (TPSA) is 35.2 Å². The highest BCUT2D eigenvalue weighted by Crippen LogP contribution is 2.22. The number of ether oxygens (including phenoxy) is 1. The Hall–Kier alpha value is -1.74. The zero-order valence-electron chi connectivity index (χ0n) is 10.1. The summed E-state index contributed by atoms with van der Waals surface area (Å²) in [5.41, 5.74) is 8.72. The second-order valence-corrected chi connectivity index (χ2v) is 4.74. The van der Waals surface area contributed by atoms with Gasteiger partial charge in [0.05, 0.1) is 7.11 Å². The van der Waals surface area contributed by atoms with Crippen LogP contribution in [0, 0.1) is 0 Å². The van der Waals surface area contributed by atoms with E-state index in [1.807, 2.05) is 48.5 Å². The first-order valence-corrected chi connectivity index (χ1v) is 6.35. The van der Waals surface area contributed by atoms with Crippen molar-refractivity contribution in [3.8, 4) is 5.75 Å². The van der Waals surface area contributed by atoms with E-state index in [0.717, 1.165) is 27.0 Å². The predicted octanol–water partition coefficient (Wildman–Crippen LogP) is 4.21.